The predicted octanol–water partition coefficient (Wildman–Crippen LogP) is 1.44. The van der Waals surface area contributed by atoms with Crippen molar-refractivity contribution >= 4 is 17.3 Å². The van der Waals surface area contributed by atoms with Gasteiger partial charge in [0.2, 0.25) is 0 Å². The zero-order chi connectivity index (χ0) is 19.2. The number of carbonyl (C=O) groups is 1. The van der Waals surface area contributed by atoms with Gasteiger partial charge >= 0.3 is 0 Å². The van der Waals surface area contributed by atoms with Crippen molar-refractivity contribution in [3.05, 3.63) is 48.5 Å². The molecule has 2 aromatic carbocycles. The molecule has 6 nitrogen and oxygen atoms in total. The van der Waals surface area contributed by atoms with E-state index >= 15 is 0 Å². The van der Waals surface area contributed by atoms with Gasteiger partial charge in [-0.25, -0.2) is 0 Å². The number of para-hydroxylation sites is 4. The lowest BCUT2D eigenvalue weighted by atomic mass is 10.2. The summed E-state index contributed by atoms with van der Waals surface area (Å²) in [6.07, 6.45) is 0. The molecule has 6 heteroatoms. The fourth-order valence-electron chi connectivity index (χ4n) is 3.53. The molecule has 0 spiro atoms. The van der Waals surface area contributed by atoms with E-state index in [4.69, 9.17) is 9.47 Å². The standard InChI is InChI=1S/C21H27N3O3/c1-16(21(25)22-17-8-4-6-10-19(17)26-2)23-12-14-24(15-13-23)18-9-5-7-11-20(18)27-3/h4-11,16H,12-15H2,1-3H3,(H,22,25)/p+1/t16-/m1/s1. The number of carbonyl (C=O) groups excluding carboxylic acids is 1. The first-order valence-electron chi connectivity index (χ1n) is 9.30. The van der Waals surface area contributed by atoms with Crippen molar-refractivity contribution in [2.75, 3.05) is 50.6 Å². The Hall–Kier alpha value is -2.73. The van der Waals surface area contributed by atoms with Crippen LogP contribution in [-0.2, 0) is 4.79 Å². The number of hydrogen-bond acceptors (Lipinski definition) is 4. The molecule has 0 bridgehead atoms. The second-order valence-electron chi connectivity index (χ2n) is 6.73. The number of quaternary nitrogens is 1. The number of anilines is 2. The zero-order valence-electron chi connectivity index (χ0n) is 16.2. The number of rotatable bonds is 6. The minimum atomic E-state index is -0.130. The van der Waals surface area contributed by atoms with E-state index in [1.54, 1.807) is 14.2 Å². The van der Waals surface area contributed by atoms with Gasteiger partial charge < -0.3 is 24.6 Å². The Balaban J connectivity index is 1.59. The Bertz CT molecular complexity index is 773. The molecule has 1 aliphatic heterocycles. The maximum absolute atomic E-state index is 12.7. The molecule has 1 heterocycles. The Morgan fingerprint density at radius 2 is 1.59 bits per heavy atom. The van der Waals surface area contributed by atoms with Crippen LogP contribution in [0.15, 0.2) is 48.5 Å². The van der Waals surface area contributed by atoms with Gasteiger partial charge in [-0.15, -0.1) is 0 Å². The minimum absolute atomic E-state index is 0.0141. The van der Waals surface area contributed by atoms with E-state index in [1.807, 2.05) is 49.4 Å². The van der Waals surface area contributed by atoms with E-state index in [-0.39, 0.29) is 11.9 Å². The average Bonchev–Trinajstić information content (AvgIpc) is 2.73. The van der Waals surface area contributed by atoms with Gasteiger partial charge in [-0.2, -0.15) is 0 Å². The first kappa shape index (κ1) is 19.0. The lowest BCUT2D eigenvalue weighted by Crippen LogP contribution is -3.19. The quantitative estimate of drug-likeness (QED) is 0.808. The number of piperazine rings is 1. The average molecular weight is 370 g/mol. The molecule has 2 aromatic rings. The summed E-state index contributed by atoms with van der Waals surface area (Å²) in [5, 5.41) is 3.00. The van der Waals surface area contributed by atoms with Gasteiger partial charge in [0.25, 0.3) is 5.91 Å². The Kier molecular flexibility index (Phi) is 6.19. The van der Waals surface area contributed by atoms with Crippen molar-refractivity contribution in [3.8, 4) is 11.5 Å². The summed E-state index contributed by atoms with van der Waals surface area (Å²) < 4.78 is 10.8. The lowest BCUT2D eigenvalue weighted by Gasteiger charge is -2.36. The topological polar surface area (TPSA) is 55.2 Å². The van der Waals surface area contributed by atoms with Gasteiger partial charge in [0.1, 0.15) is 11.5 Å². The highest BCUT2D eigenvalue weighted by molar-refractivity contribution is 5.94. The monoisotopic (exact) mass is 370 g/mol. The van der Waals surface area contributed by atoms with Gasteiger partial charge in [-0.05, 0) is 31.2 Å². The molecule has 2 N–H and O–H groups in total. The normalized spacial score (nSPS) is 15.9. The molecule has 27 heavy (non-hydrogen) atoms. The number of hydrogen-bond donors (Lipinski definition) is 2. The summed E-state index contributed by atoms with van der Waals surface area (Å²) >= 11 is 0. The third-order valence-corrected chi connectivity index (χ3v) is 5.20. The Morgan fingerprint density at radius 1 is 1.00 bits per heavy atom. The number of amides is 1. The van der Waals surface area contributed by atoms with Crippen molar-refractivity contribution in [1.82, 2.24) is 0 Å². The predicted molar refractivity (Wildman–Crippen MR) is 107 cm³/mol. The molecule has 1 atom stereocenters. The van der Waals surface area contributed by atoms with Crippen molar-refractivity contribution in [1.29, 1.82) is 0 Å². The van der Waals surface area contributed by atoms with Crippen LogP contribution in [0, 0.1) is 0 Å². The highest BCUT2D eigenvalue weighted by atomic mass is 16.5. The van der Waals surface area contributed by atoms with E-state index in [1.165, 1.54) is 4.90 Å². The molecule has 144 valence electrons. The van der Waals surface area contributed by atoms with Gasteiger partial charge in [0.05, 0.1) is 51.8 Å². The summed E-state index contributed by atoms with van der Waals surface area (Å²) in [6, 6.07) is 15.4. The van der Waals surface area contributed by atoms with Gasteiger partial charge in [-0.1, -0.05) is 24.3 Å². The largest absolute Gasteiger partial charge is 0.495 e. The maximum atomic E-state index is 12.7. The van der Waals surface area contributed by atoms with Crippen LogP contribution in [0.4, 0.5) is 11.4 Å². The van der Waals surface area contributed by atoms with Crippen LogP contribution >= 0.6 is 0 Å². The minimum Gasteiger partial charge on any atom is -0.495 e. The molecule has 0 saturated carbocycles. The van der Waals surface area contributed by atoms with Crippen molar-refractivity contribution in [2.45, 2.75) is 13.0 Å². The number of methoxy groups -OCH3 is 2. The summed E-state index contributed by atoms with van der Waals surface area (Å²) in [6.45, 7) is 5.57. The van der Waals surface area contributed by atoms with Gasteiger partial charge in [0, 0.05) is 0 Å². The highest BCUT2D eigenvalue weighted by Crippen LogP contribution is 2.27. The summed E-state index contributed by atoms with van der Waals surface area (Å²) in [5.41, 5.74) is 1.83. The smallest absolute Gasteiger partial charge is 0.282 e. The molecule has 3 rings (SSSR count). The SMILES string of the molecule is COc1ccccc1NC(=O)[C@@H](C)[NH+]1CCN(c2ccccc2OC)CC1. The zero-order valence-corrected chi connectivity index (χ0v) is 16.2. The van der Waals surface area contributed by atoms with Gasteiger partial charge in [0.15, 0.2) is 6.04 Å². The third-order valence-electron chi connectivity index (χ3n) is 5.20. The van der Waals surface area contributed by atoms with Crippen LogP contribution in [0.2, 0.25) is 0 Å². The summed E-state index contributed by atoms with van der Waals surface area (Å²) in [7, 11) is 3.31. The second kappa shape index (κ2) is 8.77. The fourth-order valence-corrected chi connectivity index (χ4v) is 3.53. The summed E-state index contributed by atoms with van der Waals surface area (Å²) in [5.74, 6) is 1.58. The molecule has 1 fully saturated rings. The van der Waals surface area contributed by atoms with Crippen LogP contribution < -0.4 is 24.6 Å². The first-order chi connectivity index (χ1) is 13.1. The molecule has 0 aliphatic carbocycles. The fraction of sp³-hybridized carbons (Fsp3) is 0.381. The van der Waals surface area contributed by atoms with Gasteiger partial charge in [-0.3, -0.25) is 4.79 Å². The van der Waals surface area contributed by atoms with E-state index in [2.05, 4.69) is 16.3 Å². The van der Waals surface area contributed by atoms with Crippen LogP contribution in [0.5, 0.6) is 11.5 Å². The molecule has 1 amide bonds. The molecule has 1 saturated heterocycles. The molecule has 0 unspecified atom stereocenters. The van der Waals surface area contributed by atoms with E-state index < -0.39 is 0 Å². The Labute approximate surface area is 160 Å². The third kappa shape index (κ3) is 4.34. The van der Waals surface area contributed by atoms with Crippen molar-refractivity contribution in [3.63, 3.8) is 0 Å². The lowest BCUT2D eigenvalue weighted by molar-refractivity contribution is -0.914. The first-order valence-corrected chi connectivity index (χ1v) is 9.30. The molecule has 1 aliphatic rings. The van der Waals surface area contributed by atoms with Crippen molar-refractivity contribution < 1.29 is 19.2 Å². The summed E-state index contributed by atoms with van der Waals surface area (Å²) in [4.78, 5) is 16.3. The molecule has 0 aromatic heterocycles. The maximum Gasteiger partial charge on any atom is 0.282 e. The van der Waals surface area contributed by atoms with Crippen LogP contribution in [-0.4, -0.2) is 52.3 Å². The van der Waals surface area contributed by atoms with E-state index in [9.17, 15) is 4.79 Å². The molecular weight excluding hydrogens is 342 g/mol. The number of nitrogens with one attached hydrogen (secondary N) is 2. The second-order valence-corrected chi connectivity index (χ2v) is 6.73. The van der Waals surface area contributed by atoms with Crippen LogP contribution in [0.3, 0.4) is 0 Å². The highest BCUT2D eigenvalue weighted by Gasteiger charge is 2.30. The van der Waals surface area contributed by atoms with E-state index in [0.29, 0.717) is 11.4 Å². The number of nitrogens with zero attached hydrogens (tertiary/aromatic N) is 1. The van der Waals surface area contributed by atoms with Crippen LogP contribution in [0.1, 0.15) is 6.92 Å². The number of benzene rings is 2. The number of ether oxygens (including phenoxy) is 2. The molecular formula is C21H28N3O3+. The molecule has 0 radical (unpaired) electrons. The van der Waals surface area contributed by atoms with E-state index in [0.717, 1.165) is 37.6 Å². The Morgan fingerprint density at radius 3 is 2.26 bits per heavy atom. The van der Waals surface area contributed by atoms with Crippen molar-refractivity contribution in [2.24, 2.45) is 0 Å². The van der Waals surface area contributed by atoms with Crippen LogP contribution in [0.25, 0.3) is 0 Å².